The minimum Gasteiger partial charge on any atom is -0.312 e. The van der Waals surface area contributed by atoms with Crippen molar-refractivity contribution < 1.29 is 0 Å². The standard InChI is InChI=1S/C11H14BrN3/c12-9-3-1-8(2-4-9)7-11(15-13)14-10-5-6-10/h1-4,10H,5-7,13H2,(H,14,15). The maximum Gasteiger partial charge on any atom is 0.115 e. The zero-order valence-electron chi connectivity index (χ0n) is 8.41. The van der Waals surface area contributed by atoms with Gasteiger partial charge >= 0.3 is 0 Å². The number of nitrogens with zero attached hydrogens (tertiary/aromatic N) is 1. The van der Waals surface area contributed by atoms with E-state index in [0.717, 1.165) is 16.7 Å². The summed E-state index contributed by atoms with van der Waals surface area (Å²) in [6.07, 6.45) is 3.18. The number of rotatable bonds is 3. The molecule has 15 heavy (non-hydrogen) atoms. The normalized spacial score (nSPS) is 16.5. The first kappa shape index (κ1) is 10.6. The molecule has 0 aromatic heterocycles. The van der Waals surface area contributed by atoms with Gasteiger partial charge in [-0.3, -0.25) is 4.99 Å². The predicted octanol–water partition coefficient (Wildman–Crippen LogP) is 2.02. The van der Waals surface area contributed by atoms with Gasteiger partial charge in [0.15, 0.2) is 0 Å². The van der Waals surface area contributed by atoms with Crippen LogP contribution in [0.1, 0.15) is 18.4 Å². The van der Waals surface area contributed by atoms with Gasteiger partial charge in [0, 0.05) is 10.9 Å². The first-order valence-electron chi connectivity index (χ1n) is 5.05. The Morgan fingerprint density at radius 1 is 1.40 bits per heavy atom. The van der Waals surface area contributed by atoms with Crippen molar-refractivity contribution in [1.82, 2.24) is 5.43 Å². The highest BCUT2D eigenvalue weighted by Gasteiger charge is 2.20. The molecular formula is C11H14BrN3. The molecule has 4 heteroatoms. The molecule has 0 spiro atoms. The van der Waals surface area contributed by atoms with Crippen molar-refractivity contribution in [3.05, 3.63) is 34.3 Å². The van der Waals surface area contributed by atoms with Gasteiger partial charge in [0.25, 0.3) is 0 Å². The van der Waals surface area contributed by atoms with Crippen LogP contribution < -0.4 is 11.3 Å². The van der Waals surface area contributed by atoms with Crippen LogP contribution in [0.3, 0.4) is 0 Å². The third-order valence-electron chi connectivity index (χ3n) is 2.34. The lowest BCUT2D eigenvalue weighted by Crippen LogP contribution is -2.32. The fourth-order valence-corrected chi connectivity index (χ4v) is 1.62. The van der Waals surface area contributed by atoms with Crippen molar-refractivity contribution in [3.63, 3.8) is 0 Å². The Bertz CT molecular complexity index is 355. The number of hydrogen-bond acceptors (Lipinski definition) is 2. The van der Waals surface area contributed by atoms with Crippen molar-refractivity contribution in [2.45, 2.75) is 25.3 Å². The Kier molecular flexibility index (Phi) is 3.38. The lowest BCUT2D eigenvalue weighted by Gasteiger charge is -2.05. The molecule has 0 radical (unpaired) electrons. The molecule has 3 N–H and O–H groups in total. The molecule has 0 heterocycles. The number of aliphatic imine (C=N–C) groups is 1. The van der Waals surface area contributed by atoms with Gasteiger partial charge in [-0.05, 0) is 30.5 Å². The number of nitrogens with two attached hydrogens (primary N) is 1. The van der Waals surface area contributed by atoms with E-state index in [1.807, 2.05) is 12.1 Å². The molecular weight excluding hydrogens is 254 g/mol. The summed E-state index contributed by atoms with van der Waals surface area (Å²) in [4.78, 5) is 4.49. The van der Waals surface area contributed by atoms with Gasteiger partial charge in [0.1, 0.15) is 5.84 Å². The van der Waals surface area contributed by atoms with E-state index in [1.54, 1.807) is 0 Å². The quantitative estimate of drug-likeness (QED) is 0.381. The smallest absolute Gasteiger partial charge is 0.115 e. The zero-order valence-corrected chi connectivity index (χ0v) is 10.00. The molecule has 0 atom stereocenters. The monoisotopic (exact) mass is 267 g/mol. The molecule has 1 fully saturated rings. The van der Waals surface area contributed by atoms with Crippen LogP contribution in [-0.2, 0) is 6.42 Å². The largest absolute Gasteiger partial charge is 0.312 e. The van der Waals surface area contributed by atoms with E-state index in [4.69, 9.17) is 5.84 Å². The highest BCUT2D eigenvalue weighted by molar-refractivity contribution is 9.10. The third kappa shape index (κ3) is 3.32. The van der Waals surface area contributed by atoms with Crippen LogP contribution >= 0.6 is 15.9 Å². The Morgan fingerprint density at radius 2 is 2.07 bits per heavy atom. The second-order valence-corrected chi connectivity index (χ2v) is 4.67. The first-order valence-corrected chi connectivity index (χ1v) is 5.85. The summed E-state index contributed by atoms with van der Waals surface area (Å²) < 4.78 is 1.09. The number of nitrogens with one attached hydrogen (secondary N) is 1. The fourth-order valence-electron chi connectivity index (χ4n) is 1.35. The van der Waals surface area contributed by atoms with Crippen molar-refractivity contribution in [1.29, 1.82) is 0 Å². The molecule has 0 amide bonds. The van der Waals surface area contributed by atoms with Crippen LogP contribution in [-0.4, -0.2) is 11.9 Å². The van der Waals surface area contributed by atoms with E-state index in [9.17, 15) is 0 Å². The van der Waals surface area contributed by atoms with E-state index in [2.05, 4.69) is 38.5 Å². The summed E-state index contributed by atoms with van der Waals surface area (Å²) in [5.41, 5.74) is 3.89. The molecule has 3 nitrogen and oxygen atoms in total. The maximum absolute atomic E-state index is 5.44. The van der Waals surface area contributed by atoms with Crippen LogP contribution in [0.2, 0.25) is 0 Å². The second kappa shape index (κ2) is 4.77. The van der Waals surface area contributed by atoms with Gasteiger partial charge in [0.2, 0.25) is 0 Å². The molecule has 0 saturated heterocycles. The van der Waals surface area contributed by atoms with E-state index in [1.165, 1.54) is 18.4 Å². The summed E-state index contributed by atoms with van der Waals surface area (Å²) in [7, 11) is 0. The van der Waals surface area contributed by atoms with Crippen LogP contribution in [0.5, 0.6) is 0 Å². The highest BCUT2D eigenvalue weighted by Crippen LogP contribution is 2.23. The first-order chi connectivity index (χ1) is 7.28. The summed E-state index contributed by atoms with van der Waals surface area (Å²) in [5, 5.41) is 0. The average Bonchev–Trinajstić information content (AvgIpc) is 3.04. The van der Waals surface area contributed by atoms with Crippen LogP contribution in [0, 0.1) is 0 Å². The lowest BCUT2D eigenvalue weighted by atomic mass is 10.1. The number of benzene rings is 1. The number of amidine groups is 1. The van der Waals surface area contributed by atoms with Crippen molar-refractivity contribution >= 4 is 21.8 Å². The van der Waals surface area contributed by atoms with Crippen LogP contribution in [0.15, 0.2) is 33.7 Å². The van der Waals surface area contributed by atoms with Gasteiger partial charge in [-0.15, -0.1) is 0 Å². The summed E-state index contributed by atoms with van der Waals surface area (Å²) in [5.74, 6) is 6.31. The van der Waals surface area contributed by atoms with Crippen molar-refractivity contribution in [2.75, 3.05) is 0 Å². The Labute approximate surface area is 97.9 Å². The van der Waals surface area contributed by atoms with E-state index in [-0.39, 0.29) is 0 Å². The molecule has 1 aromatic rings. The van der Waals surface area contributed by atoms with Crippen LogP contribution in [0.25, 0.3) is 0 Å². The Hall–Kier alpha value is -0.870. The topological polar surface area (TPSA) is 50.4 Å². The van der Waals surface area contributed by atoms with Crippen LogP contribution in [0.4, 0.5) is 0 Å². The van der Waals surface area contributed by atoms with E-state index < -0.39 is 0 Å². The lowest BCUT2D eigenvalue weighted by molar-refractivity contribution is 0.940. The number of hydrazine groups is 1. The molecule has 0 bridgehead atoms. The predicted molar refractivity (Wildman–Crippen MR) is 65.6 cm³/mol. The van der Waals surface area contributed by atoms with Crippen molar-refractivity contribution in [3.8, 4) is 0 Å². The highest BCUT2D eigenvalue weighted by atomic mass is 79.9. The molecule has 0 aliphatic heterocycles. The minimum absolute atomic E-state index is 0.506. The van der Waals surface area contributed by atoms with Gasteiger partial charge in [0.05, 0.1) is 6.04 Å². The van der Waals surface area contributed by atoms with E-state index >= 15 is 0 Å². The maximum atomic E-state index is 5.44. The van der Waals surface area contributed by atoms with Gasteiger partial charge in [-0.2, -0.15) is 0 Å². The molecule has 80 valence electrons. The molecule has 1 saturated carbocycles. The molecule has 1 aromatic carbocycles. The SMILES string of the molecule is NNC(Cc1ccc(Br)cc1)=NC1CC1. The Balaban J connectivity index is 2.02. The van der Waals surface area contributed by atoms with Gasteiger partial charge in [-0.1, -0.05) is 28.1 Å². The van der Waals surface area contributed by atoms with Crippen molar-refractivity contribution in [2.24, 2.45) is 10.8 Å². The summed E-state index contributed by atoms with van der Waals surface area (Å²) in [6.45, 7) is 0. The number of halogens is 1. The third-order valence-corrected chi connectivity index (χ3v) is 2.87. The zero-order chi connectivity index (χ0) is 10.7. The molecule has 0 unspecified atom stereocenters. The summed E-state index contributed by atoms with van der Waals surface area (Å²) in [6, 6.07) is 8.71. The fraction of sp³-hybridized carbons (Fsp3) is 0.364. The minimum atomic E-state index is 0.506. The molecule has 1 aliphatic rings. The van der Waals surface area contributed by atoms with Gasteiger partial charge in [-0.25, -0.2) is 5.84 Å². The second-order valence-electron chi connectivity index (χ2n) is 3.75. The number of hydrogen-bond donors (Lipinski definition) is 2. The molecule has 1 aliphatic carbocycles. The van der Waals surface area contributed by atoms with E-state index in [0.29, 0.717) is 6.04 Å². The average molecular weight is 268 g/mol. The summed E-state index contributed by atoms with van der Waals surface area (Å²) >= 11 is 3.41. The molecule has 2 rings (SSSR count). The Morgan fingerprint density at radius 3 is 2.60 bits per heavy atom. The van der Waals surface area contributed by atoms with Gasteiger partial charge < -0.3 is 5.43 Å².